The van der Waals surface area contributed by atoms with Crippen molar-refractivity contribution < 1.29 is 19.7 Å². The molecule has 0 saturated heterocycles. The zero-order valence-corrected chi connectivity index (χ0v) is 20.3. The van der Waals surface area contributed by atoms with Gasteiger partial charge in [0.2, 0.25) is 0 Å². The molecule has 4 heteroatoms. The molecule has 4 saturated carbocycles. The Morgan fingerprint density at radius 3 is 2.58 bits per heavy atom. The minimum absolute atomic E-state index is 0.0225. The number of rotatable bonds is 6. The van der Waals surface area contributed by atoms with Crippen molar-refractivity contribution in [3.63, 3.8) is 0 Å². The Bertz CT molecular complexity index is 649. The molecule has 31 heavy (non-hydrogen) atoms. The van der Waals surface area contributed by atoms with Gasteiger partial charge in [-0.1, -0.05) is 27.7 Å². The molecule has 0 unspecified atom stereocenters. The van der Waals surface area contributed by atoms with Gasteiger partial charge in [-0.15, -0.1) is 0 Å². The molecule has 0 bridgehead atoms. The van der Waals surface area contributed by atoms with E-state index in [9.17, 15) is 15.0 Å². The average molecular weight is 435 g/mol. The Balaban J connectivity index is 1.47. The first-order chi connectivity index (χ1) is 14.7. The van der Waals surface area contributed by atoms with E-state index in [2.05, 4.69) is 20.8 Å². The number of aliphatic hydroxyl groups is 2. The van der Waals surface area contributed by atoms with Gasteiger partial charge in [0.25, 0.3) is 0 Å². The van der Waals surface area contributed by atoms with Crippen molar-refractivity contribution in [1.29, 1.82) is 0 Å². The molecule has 0 heterocycles. The minimum Gasteiger partial charge on any atom is -0.466 e. The van der Waals surface area contributed by atoms with Crippen LogP contribution in [0.5, 0.6) is 0 Å². The highest BCUT2D eigenvalue weighted by atomic mass is 16.5. The van der Waals surface area contributed by atoms with E-state index in [1.807, 2.05) is 6.92 Å². The molecule has 2 N–H and O–H groups in total. The highest BCUT2D eigenvalue weighted by Gasteiger charge is 2.63. The average Bonchev–Trinajstić information content (AvgIpc) is 3.10. The van der Waals surface area contributed by atoms with Crippen molar-refractivity contribution in [2.45, 2.75) is 111 Å². The van der Waals surface area contributed by atoms with Crippen molar-refractivity contribution in [3.05, 3.63) is 0 Å². The SMILES string of the molecule is CCCOC(=O)CC[C@@H](C)[C@H]1CC[C@H]2[C@@H]3CC[C@@H]4C[C@H](O)CC[C@]4(C)[C@H]3C[C@H](O)[C@]12C. The van der Waals surface area contributed by atoms with Crippen LogP contribution in [0.15, 0.2) is 0 Å². The molecule has 178 valence electrons. The highest BCUT2D eigenvalue weighted by molar-refractivity contribution is 5.69. The topological polar surface area (TPSA) is 66.8 Å². The second-order valence-corrected chi connectivity index (χ2v) is 12.1. The Morgan fingerprint density at radius 1 is 1.06 bits per heavy atom. The molecule has 0 aromatic carbocycles. The van der Waals surface area contributed by atoms with E-state index < -0.39 is 0 Å². The van der Waals surface area contributed by atoms with Gasteiger partial charge in [0, 0.05) is 6.42 Å². The molecule has 4 aliphatic carbocycles. The standard InChI is InChI=1S/C27H46O4/c1-5-14-31-25(30)11-6-17(2)21-9-10-22-20-8-7-18-15-19(28)12-13-26(18,3)23(20)16-24(29)27(21,22)4/h17-24,28-29H,5-16H2,1-4H3/t17-,18-,19-,20+,21-,22+,23+,24+,26+,27-/m1/s1. The fourth-order valence-corrected chi connectivity index (χ4v) is 8.99. The molecule has 0 aromatic rings. The van der Waals surface area contributed by atoms with Gasteiger partial charge in [-0.25, -0.2) is 0 Å². The smallest absolute Gasteiger partial charge is 0.305 e. The van der Waals surface area contributed by atoms with Crippen LogP contribution in [0.2, 0.25) is 0 Å². The molecule has 4 fully saturated rings. The van der Waals surface area contributed by atoms with Crippen LogP contribution in [0, 0.1) is 46.3 Å². The van der Waals surface area contributed by atoms with Crippen LogP contribution >= 0.6 is 0 Å². The van der Waals surface area contributed by atoms with Gasteiger partial charge in [0.05, 0.1) is 18.8 Å². The third-order valence-corrected chi connectivity index (χ3v) is 10.8. The summed E-state index contributed by atoms with van der Waals surface area (Å²) in [5.41, 5.74) is 0.266. The summed E-state index contributed by atoms with van der Waals surface area (Å²) in [6.45, 7) is 9.70. The first kappa shape index (κ1) is 23.5. The predicted octanol–water partition coefficient (Wildman–Crippen LogP) is 5.35. The van der Waals surface area contributed by atoms with Crippen molar-refractivity contribution in [2.24, 2.45) is 46.3 Å². The minimum atomic E-state index is -0.247. The fourth-order valence-electron chi connectivity index (χ4n) is 8.99. The van der Waals surface area contributed by atoms with Crippen molar-refractivity contribution in [1.82, 2.24) is 0 Å². The number of carbonyl (C=O) groups excluding carboxylic acids is 1. The van der Waals surface area contributed by atoms with E-state index in [1.54, 1.807) is 0 Å². The molecule has 0 amide bonds. The summed E-state index contributed by atoms with van der Waals surface area (Å²) in [5, 5.41) is 21.9. The first-order valence-corrected chi connectivity index (χ1v) is 13.2. The number of esters is 1. The highest BCUT2D eigenvalue weighted by Crippen LogP contribution is 2.68. The summed E-state index contributed by atoms with van der Waals surface area (Å²) in [5.74, 6) is 3.41. The van der Waals surface area contributed by atoms with Gasteiger partial charge in [0.1, 0.15) is 0 Å². The molecule has 0 aromatic heterocycles. The lowest BCUT2D eigenvalue weighted by Crippen LogP contribution is -2.58. The van der Waals surface area contributed by atoms with Gasteiger partial charge >= 0.3 is 5.97 Å². The normalized spacial score (nSPS) is 47.7. The zero-order chi connectivity index (χ0) is 22.4. The lowest BCUT2D eigenvalue weighted by atomic mass is 9.43. The van der Waals surface area contributed by atoms with Gasteiger partial charge in [-0.05, 0) is 111 Å². The van der Waals surface area contributed by atoms with E-state index in [0.29, 0.717) is 42.6 Å². The van der Waals surface area contributed by atoms with Gasteiger partial charge in [-0.3, -0.25) is 4.79 Å². The van der Waals surface area contributed by atoms with Crippen LogP contribution in [-0.4, -0.2) is 35.0 Å². The third-order valence-electron chi connectivity index (χ3n) is 10.8. The van der Waals surface area contributed by atoms with E-state index in [-0.39, 0.29) is 29.0 Å². The summed E-state index contributed by atoms with van der Waals surface area (Å²) >= 11 is 0. The molecule has 0 aliphatic heterocycles. The molecule has 4 rings (SSSR count). The lowest BCUT2D eigenvalue weighted by Gasteiger charge is -2.62. The second-order valence-electron chi connectivity index (χ2n) is 12.1. The summed E-state index contributed by atoms with van der Waals surface area (Å²) < 4.78 is 5.29. The van der Waals surface area contributed by atoms with Crippen molar-refractivity contribution in [3.8, 4) is 0 Å². The van der Waals surface area contributed by atoms with Crippen LogP contribution in [0.1, 0.15) is 98.3 Å². The van der Waals surface area contributed by atoms with Crippen LogP contribution in [0.25, 0.3) is 0 Å². The van der Waals surface area contributed by atoms with Gasteiger partial charge in [-0.2, -0.15) is 0 Å². The Hall–Kier alpha value is -0.610. The maximum Gasteiger partial charge on any atom is 0.305 e. The molecular formula is C27H46O4. The molecule has 4 nitrogen and oxygen atoms in total. The number of carbonyl (C=O) groups is 1. The molecule has 10 atom stereocenters. The molecule has 4 aliphatic rings. The fraction of sp³-hybridized carbons (Fsp3) is 0.963. The van der Waals surface area contributed by atoms with Crippen molar-refractivity contribution in [2.75, 3.05) is 6.61 Å². The van der Waals surface area contributed by atoms with Crippen LogP contribution in [0.3, 0.4) is 0 Å². The maximum absolute atomic E-state index is 12.0. The number of fused-ring (bicyclic) bond motifs is 5. The zero-order valence-electron chi connectivity index (χ0n) is 20.3. The van der Waals surface area contributed by atoms with E-state index in [1.165, 1.54) is 25.7 Å². The Morgan fingerprint density at radius 2 is 1.84 bits per heavy atom. The van der Waals surface area contributed by atoms with E-state index in [4.69, 9.17) is 4.74 Å². The largest absolute Gasteiger partial charge is 0.466 e. The summed E-state index contributed by atoms with van der Waals surface area (Å²) in [6, 6.07) is 0. The number of ether oxygens (including phenoxy) is 1. The summed E-state index contributed by atoms with van der Waals surface area (Å²) in [7, 11) is 0. The van der Waals surface area contributed by atoms with Crippen LogP contribution in [-0.2, 0) is 9.53 Å². The maximum atomic E-state index is 12.0. The quantitative estimate of drug-likeness (QED) is 0.553. The lowest BCUT2D eigenvalue weighted by molar-refractivity contribution is -0.175. The third kappa shape index (κ3) is 3.98. The second kappa shape index (κ2) is 8.97. The molecule has 0 radical (unpaired) electrons. The summed E-state index contributed by atoms with van der Waals surface area (Å²) in [4.78, 5) is 12.0. The van der Waals surface area contributed by atoms with Crippen LogP contribution < -0.4 is 0 Å². The Kier molecular flexibility index (Phi) is 6.81. The van der Waals surface area contributed by atoms with Gasteiger partial charge in [0.15, 0.2) is 0 Å². The van der Waals surface area contributed by atoms with Crippen molar-refractivity contribution >= 4 is 5.97 Å². The molecule has 0 spiro atoms. The number of aliphatic hydroxyl groups excluding tert-OH is 2. The summed E-state index contributed by atoms with van der Waals surface area (Å²) in [6.07, 6.45) is 10.8. The predicted molar refractivity (Wildman–Crippen MR) is 122 cm³/mol. The first-order valence-electron chi connectivity index (χ1n) is 13.2. The molecular weight excluding hydrogens is 388 g/mol. The number of hydrogen-bond donors (Lipinski definition) is 2. The van der Waals surface area contributed by atoms with Gasteiger partial charge < -0.3 is 14.9 Å². The van der Waals surface area contributed by atoms with E-state index in [0.717, 1.165) is 44.4 Å². The number of hydrogen-bond acceptors (Lipinski definition) is 4. The van der Waals surface area contributed by atoms with E-state index >= 15 is 0 Å². The Labute approximate surface area is 189 Å². The monoisotopic (exact) mass is 434 g/mol. The van der Waals surface area contributed by atoms with Crippen LogP contribution in [0.4, 0.5) is 0 Å².